The molecule has 0 spiro atoms. The van der Waals surface area contributed by atoms with Crippen molar-refractivity contribution in [1.82, 2.24) is 5.32 Å². The van der Waals surface area contributed by atoms with E-state index < -0.39 is 0 Å². The first kappa shape index (κ1) is 15.1. The third kappa shape index (κ3) is 3.03. The van der Waals surface area contributed by atoms with Crippen LogP contribution in [0.1, 0.15) is 24.8 Å². The van der Waals surface area contributed by atoms with E-state index in [1.54, 1.807) is 0 Å². The normalized spacial score (nSPS) is 19.0. The van der Waals surface area contributed by atoms with Crippen molar-refractivity contribution in [3.05, 3.63) is 23.8 Å². The Bertz CT molecular complexity index is 541. The molecule has 1 fully saturated rings. The van der Waals surface area contributed by atoms with Gasteiger partial charge in [-0.25, -0.2) is 0 Å². The summed E-state index contributed by atoms with van der Waals surface area (Å²) >= 11 is 0. The highest BCUT2D eigenvalue weighted by molar-refractivity contribution is 5.76. The molecule has 1 aromatic rings. The van der Waals surface area contributed by atoms with E-state index >= 15 is 0 Å². The van der Waals surface area contributed by atoms with E-state index in [-0.39, 0.29) is 18.1 Å². The van der Waals surface area contributed by atoms with Crippen LogP contribution in [0.4, 0.5) is 0 Å². The average molecular weight is 306 g/mol. The molecular formula is C16H22N2O4. The molecule has 2 aliphatic heterocycles. The minimum atomic E-state index is -0.122. The number of hydrogen-bond donors (Lipinski definition) is 2. The molecule has 6 nitrogen and oxygen atoms in total. The topological polar surface area (TPSA) is 82.8 Å². The summed E-state index contributed by atoms with van der Waals surface area (Å²) in [5, 5.41) is 3.01. The van der Waals surface area contributed by atoms with Crippen molar-refractivity contribution < 1.29 is 19.0 Å². The van der Waals surface area contributed by atoms with Gasteiger partial charge in [0.25, 0.3) is 0 Å². The molecule has 3 rings (SSSR count). The van der Waals surface area contributed by atoms with Crippen LogP contribution in [0.5, 0.6) is 11.5 Å². The molecule has 6 heteroatoms. The smallest absolute Gasteiger partial charge is 0.231 e. The minimum Gasteiger partial charge on any atom is -0.454 e. The van der Waals surface area contributed by atoms with Gasteiger partial charge in [0.2, 0.25) is 12.7 Å². The molecule has 3 N–H and O–H groups in total. The van der Waals surface area contributed by atoms with Crippen molar-refractivity contribution in [1.29, 1.82) is 0 Å². The first-order valence-corrected chi connectivity index (χ1v) is 7.68. The van der Waals surface area contributed by atoms with Gasteiger partial charge in [-0.3, -0.25) is 4.79 Å². The molecule has 0 unspecified atom stereocenters. The maximum absolute atomic E-state index is 11.8. The third-order valence-electron chi connectivity index (χ3n) is 4.43. The Balaban J connectivity index is 1.80. The maximum Gasteiger partial charge on any atom is 0.231 e. The van der Waals surface area contributed by atoms with E-state index in [9.17, 15) is 4.79 Å². The monoisotopic (exact) mass is 306 g/mol. The summed E-state index contributed by atoms with van der Waals surface area (Å²) in [5.41, 5.74) is 6.47. The maximum atomic E-state index is 11.8. The third-order valence-corrected chi connectivity index (χ3v) is 4.43. The van der Waals surface area contributed by atoms with Crippen molar-refractivity contribution in [3.8, 4) is 11.5 Å². The Labute approximate surface area is 129 Å². The molecule has 1 saturated heterocycles. The molecule has 0 aliphatic carbocycles. The quantitative estimate of drug-likeness (QED) is 0.845. The van der Waals surface area contributed by atoms with Crippen molar-refractivity contribution in [3.63, 3.8) is 0 Å². The van der Waals surface area contributed by atoms with Gasteiger partial charge in [-0.2, -0.15) is 0 Å². The molecule has 1 amide bonds. The fraction of sp³-hybridized carbons (Fsp3) is 0.562. The average Bonchev–Trinajstić information content (AvgIpc) is 3.02. The predicted molar refractivity (Wildman–Crippen MR) is 81.0 cm³/mol. The second kappa shape index (κ2) is 6.54. The number of carbonyl (C=O) groups excluding carboxylic acids is 1. The summed E-state index contributed by atoms with van der Waals surface area (Å²) in [6, 6.07) is 6.03. The number of nitrogens with one attached hydrogen (secondary N) is 1. The first-order chi connectivity index (χ1) is 10.7. The summed E-state index contributed by atoms with van der Waals surface area (Å²) in [6.07, 6.45) is 2.10. The van der Waals surface area contributed by atoms with E-state index in [1.165, 1.54) is 0 Å². The van der Waals surface area contributed by atoms with Crippen LogP contribution >= 0.6 is 0 Å². The second-order valence-corrected chi connectivity index (χ2v) is 5.78. The Hall–Kier alpha value is -1.79. The molecule has 0 saturated carbocycles. The standard InChI is InChI=1S/C16H22N2O4/c17-6-3-15(19)18-10-16(4-7-20-8-5-16)12-1-2-13-14(9-12)22-11-21-13/h1-2,9H,3-8,10-11,17H2,(H,18,19). The largest absolute Gasteiger partial charge is 0.454 e. The molecular weight excluding hydrogens is 284 g/mol. The summed E-state index contributed by atoms with van der Waals surface area (Å²) in [7, 11) is 0. The lowest BCUT2D eigenvalue weighted by molar-refractivity contribution is -0.121. The van der Waals surface area contributed by atoms with Gasteiger partial charge in [-0.15, -0.1) is 0 Å². The van der Waals surface area contributed by atoms with E-state index in [2.05, 4.69) is 11.4 Å². The van der Waals surface area contributed by atoms with Crippen molar-refractivity contribution in [2.24, 2.45) is 5.73 Å². The fourth-order valence-corrected chi connectivity index (χ4v) is 3.04. The van der Waals surface area contributed by atoms with Crippen LogP contribution in [-0.4, -0.2) is 39.0 Å². The summed E-state index contributed by atoms with van der Waals surface area (Å²) in [6.45, 7) is 2.62. The molecule has 22 heavy (non-hydrogen) atoms. The molecule has 2 heterocycles. The minimum absolute atomic E-state index is 0.00545. The van der Waals surface area contributed by atoms with Crippen molar-refractivity contribution >= 4 is 5.91 Å². The lowest BCUT2D eigenvalue weighted by Gasteiger charge is -2.38. The van der Waals surface area contributed by atoms with Gasteiger partial charge in [0.1, 0.15) is 0 Å². The number of ether oxygens (including phenoxy) is 3. The lowest BCUT2D eigenvalue weighted by Crippen LogP contribution is -2.44. The van der Waals surface area contributed by atoms with Crippen molar-refractivity contribution in [2.75, 3.05) is 33.1 Å². The van der Waals surface area contributed by atoms with E-state index in [0.717, 1.165) is 29.9 Å². The number of carbonyl (C=O) groups is 1. The lowest BCUT2D eigenvalue weighted by atomic mass is 9.74. The highest BCUT2D eigenvalue weighted by Gasteiger charge is 2.35. The Morgan fingerprint density at radius 1 is 1.23 bits per heavy atom. The number of fused-ring (bicyclic) bond motifs is 1. The zero-order chi connectivity index (χ0) is 15.4. The fourth-order valence-electron chi connectivity index (χ4n) is 3.04. The SMILES string of the molecule is NCCC(=O)NCC1(c2ccc3c(c2)OCO3)CCOCC1. The number of benzene rings is 1. The van der Waals surface area contributed by atoms with Gasteiger partial charge >= 0.3 is 0 Å². The predicted octanol–water partition coefficient (Wildman–Crippen LogP) is 0.929. The van der Waals surface area contributed by atoms with Crippen LogP contribution < -0.4 is 20.5 Å². The molecule has 120 valence electrons. The summed E-state index contributed by atoms with van der Waals surface area (Å²) in [4.78, 5) is 11.8. The molecule has 0 aromatic heterocycles. The Morgan fingerprint density at radius 3 is 2.77 bits per heavy atom. The second-order valence-electron chi connectivity index (χ2n) is 5.78. The van der Waals surface area contributed by atoms with Gasteiger partial charge in [-0.1, -0.05) is 6.07 Å². The Kier molecular flexibility index (Phi) is 4.49. The molecule has 0 radical (unpaired) electrons. The van der Waals surface area contributed by atoms with Crippen LogP contribution in [-0.2, 0) is 14.9 Å². The highest BCUT2D eigenvalue weighted by Crippen LogP contribution is 2.40. The van der Waals surface area contributed by atoms with E-state index in [1.807, 2.05) is 12.1 Å². The van der Waals surface area contributed by atoms with Gasteiger partial charge < -0.3 is 25.3 Å². The number of hydrogen-bond acceptors (Lipinski definition) is 5. The van der Waals surface area contributed by atoms with E-state index in [4.69, 9.17) is 19.9 Å². The van der Waals surface area contributed by atoms with Crippen LogP contribution in [0.25, 0.3) is 0 Å². The zero-order valence-electron chi connectivity index (χ0n) is 12.6. The van der Waals surface area contributed by atoms with Gasteiger partial charge in [0.15, 0.2) is 11.5 Å². The van der Waals surface area contributed by atoms with Crippen LogP contribution in [0.15, 0.2) is 18.2 Å². The zero-order valence-corrected chi connectivity index (χ0v) is 12.6. The molecule has 0 bridgehead atoms. The van der Waals surface area contributed by atoms with Gasteiger partial charge in [-0.05, 0) is 30.5 Å². The number of nitrogens with two attached hydrogens (primary N) is 1. The van der Waals surface area contributed by atoms with Crippen molar-refractivity contribution in [2.45, 2.75) is 24.7 Å². The van der Waals surface area contributed by atoms with Gasteiger partial charge in [0, 0.05) is 38.1 Å². The van der Waals surface area contributed by atoms with Crippen LogP contribution in [0, 0.1) is 0 Å². The summed E-state index contributed by atoms with van der Waals surface area (Å²) in [5.74, 6) is 1.55. The highest BCUT2D eigenvalue weighted by atomic mass is 16.7. The molecule has 1 aromatic carbocycles. The summed E-state index contributed by atoms with van der Waals surface area (Å²) < 4.78 is 16.4. The molecule has 2 aliphatic rings. The van der Waals surface area contributed by atoms with Crippen LogP contribution in [0.3, 0.4) is 0 Å². The van der Waals surface area contributed by atoms with Gasteiger partial charge in [0.05, 0.1) is 0 Å². The first-order valence-electron chi connectivity index (χ1n) is 7.68. The molecule has 0 atom stereocenters. The van der Waals surface area contributed by atoms with E-state index in [0.29, 0.717) is 32.7 Å². The van der Waals surface area contributed by atoms with Crippen LogP contribution in [0.2, 0.25) is 0 Å². The number of amides is 1. The Morgan fingerprint density at radius 2 is 2.00 bits per heavy atom. The number of rotatable bonds is 5.